The lowest BCUT2D eigenvalue weighted by Crippen LogP contribution is -2.40. The van der Waals surface area contributed by atoms with Crippen molar-refractivity contribution in [1.29, 1.82) is 0 Å². The maximum Gasteiger partial charge on any atom is 0.233 e. The molecule has 3 rings (SSSR count). The van der Waals surface area contributed by atoms with Gasteiger partial charge in [-0.3, -0.25) is 14.5 Å². The molecular formula is C14H15NO2. The number of imide groups is 1. The van der Waals surface area contributed by atoms with Crippen molar-refractivity contribution in [2.45, 2.75) is 25.8 Å². The van der Waals surface area contributed by atoms with Gasteiger partial charge in [0.1, 0.15) is 0 Å². The SMILES string of the molecule is C#CCC(C)N1C(=O)C2C3C=CC(C3)C2C1=O. The van der Waals surface area contributed by atoms with E-state index in [1.807, 2.05) is 6.92 Å². The van der Waals surface area contributed by atoms with Gasteiger partial charge in [0, 0.05) is 12.5 Å². The lowest BCUT2D eigenvalue weighted by atomic mass is 9.85. The Balaban J connectivity index is 1.90. The number of carbonyl (C=O) groups excluding carboxylic acids is 2. The summed E-state index contributed by atoms with van der Waals surface area (Å²) in [6.07, 6.45) is 10.9. The molecule has 5 unspecified atom stereocenters. The Kier molecular flexibility index (Phi) is 2.16. The minimum Gasteiger partial charge on any atom is -0.278 e. The maximum atomic E-state index is 12.3. The molecule has 0 aromatic heterocycles. The van der Waals surface area contributed by atoms with Crippen molar-refractivity contribution in [2.24, 2.45) is 23.7 Å². The summed E-state index contributed by atoms with van der Waals surface area (Å²) in [6, 6.07) is -0.162. The lowest BCUT2D eigenvalue weighted by Gasteiger charge is -2.22. The summed E-state index contributed by atoms with van der Waals surface area (Å²) >= 11 is 0. The number of fused-ring (bicyclic) bond motifs is 5. The zero-order chi connectivity index (χ0) is 12.2. The van der Waals surface area contributed by atoms with Crippen molar-refractivity contribution < 1.29 is 9.59 Å². The maximum absolute atomic E-state index is 12.3. The van der Waals surface area contributed by atoms with Gasteiger partial charge in [0.25, 0.3) is 0 Å². The van der Waals surface area contributed by atoms with E-state index >= 15 is 0 Å². The van der Waals surface area contributed by atoms with E-state index in [9.17, 15) is 9.59 Å². The molecule has 3 nitrogen and oxygen atoms in total. The van der Waals surface area contributed by atoms with E-state index < -0.39 is 0 Å². The summed E-state index contributed by atoms with van der Waals surface area (Å²) in [4.78, 5) is 26.0. The molecular weight excluding hydrogens is 214 g/mol. The summed E-state index contributed by atoms with van der Waals surface area (Å²) in [5, 5.41) is 0. The fraction of sp³-hybridized carbons (Fsp3) is 0.571. The summed E-state index contributed by atoms with van der Waals surface area (Å²) in [5.74, 6) is 2.89. The standard InChI is InChI=1S/C14H15NO2/c1-3-4-8(2)15-13(16)11-9-5-6-10(7-9)12(11)14(15)17/h1,5-6,8-12H,4,7H2,2H3. The third-order valence-electron chi connectivity index (χ3n) is 4.36. The Hall–Kier alpha value is -1.56. The predicted octanol–water partition coefficient (Wildman–Crippen LogP) is 1.21. The second kappa shape index (κ2) is 3.46. The summed E-state index contributed by atoms with van der Waals surface area (Å²) in [7, 11) is 0. The van der Waals surface area contributed by atoms with Crippen LogP contribution in [-0.4, -0.2) is 22.8 Å². The van der Waals surface area contributed by atoms with Crippen LogP contribution in [0.1, 0.15) is 19.8 Å². The fourth-order valence-electron chi connectivity index (χ4n) is 3.62. The van der Waals surface area contributed by atoms with Crippen molar-refractivity contribution in [3.63, 3.8) is 0 Å². The number of terminal acetylenes is 1. The molecule has 5 atom stereocenters. The summed E-state index contributed by atoms with van der Waals surface area (Å²) in [6.45, 7) is 1.85. The topological polar surface area (TPSA) is 37.4 Å². The molecule has 0 aromatic carbocycles. The largest absolute Gasteiger partial charge is 0.278 e. The Morgan fingerprint density at radius 1 is 1.35 bits per heavy atom. The molecule has 2 fully saturated rings. The highest BCUT2D eigenvalue weighted by atomic mass is 16.2. The van der Waals surface area contributed by atoms with Crippen LogP contribution in [-0.2, 0) is 9.59 Å². The van der Waals surface area contributed by atoms with Crippen LogP contribution < -0.4 is 0 Å². The normalized spacial score (nSPS) is 39.6. The third-order valence-corrected chi connectivity index (χ3v) is 4.36. The zero-order valence-electron chi connectivity index (χ0n) is 9.80. The molecule has 2 amide bonds. The summed E-state index contributed by atoms with van der Waals surface area (Å²) in [5.41, 5.74) is 0. The molecule has 0 radical (unpaired) electrons. The molecule has 1 saturated heterocycles. The van der Waals surface area contributed by atoms with Crippen LogP contribution in [0.3, 0.4) is 0 Å². The first-order chi connectivity index (χ1) is 8.15. The number of hydrogen-bond acceptors (Lipinski definition) is 2. The highest BCUT2D eigenvalue weighted by molar-refractivity contribution is 6.06. The first-order valence-corrected chi connectivity index (χ1v) is 6.14. The number of allylic oxidation sites excluding steroid dienone is 2. The molecule has 1 saturated carbocycles. The van der Waals surface area contributed by atoms with Gasteiger partial charge in [-0.25, -0.2) is 0 Å². The predicted molar refractivity (Wildman–Crippen MR) is 62.5 cm³/mol. The van der Waals surface area contributed by atoms with Crippen LogP contribution in [0, 0.1) is 36.0 Å². The first kappa shape index (κ1) is 10.6. The zero-order valence-corrected chi connectivity index (χ0v) is 9.80. The molecule has 3 heteroatoms. The number of rotatable bonds is 2. The van der Waals surface area contributed by atoms with E-state index in [0.717, 1.165) is 6.42 Å². The Morgan fingerprint density at radius 3 is 2.35 bits per heavy atom. The second-order valence-corrected chi connectivity index (χ2v) is 5.30. The van der Waals surface area contributed by atoms with Crippen LogP contribution in [0.15, 0.2) is 12.2 Å². The molecule has 1 heterocycles. The summed E-state index contributed by atoms with van der Waals surface area (Å²) < 4.78 is 0. The number of nitrogens with zero attached hydrogens (tertiary/aromatic N) is 1. The van der Waals surface area contributed by atoms with Gasteiger partial charge in [0.2, 0.25) is 11.8 Å². The van der Waals surface area contributed by atoms with Gasteiger partial charge in [-0.2, -0.15) is 0 Å². The molecule has 0 N–H and O–H groups in total. The Morgan fingerprint density at radius 2 is 1.88 bits per heavy atom. The van der Waals surface area contributed by atoms with E-state index in [1.165, 1.54) is 4.90 Å². The smallest absolute Gasteiger partial charge is 0.233 e. The van der Waals surface area contributed by atoms with Gasteiger partial charge in [-0.1, -0.05) is 12.2 Å². The van der Waals surface area contributed by atoms with Crippen LogP contribution >= 0.6 is 0 Å². The average molecular weight is 229 g/mol. The third kappa shape index (κ3) is 1.24. The van der Waals surface area contributed by atoms with Crippen molar-refractivity contribution in [3.05, 3.63) is 12.2 Å². The van der Waals surface area contributed by atoms with E-state index in [-0.39, 0.29) is 41.5 Å². The van der Waals surface area contributed by atoms with Crippen LogP contribution in [0.5, 0.6) is 0 Å². The molecule has 1 aliphatic heterocycles. The average Bonchev–Trinajstić information content (AvgIpc) is 2.93. The van der Waals surface area contributed by atoms with Gasteiger partial charge in [-0.15, -0.1) is 12.3 Å². The van der Waals surface area contributed by atoms with Gasteiger partial charge >= 0.3 is 0 Å². The van der Waals surface area contributed by atoms with E-state index in [0.29, 0.717) is 6.42 Å². The monoisotopic (exact) mass is 229 g/mol. The molecule has 88 valence electrons. The molecule has 2 aliphatic carbocycles. The van der Waals surface area contributed by atoms with Gasteiger partial charge in [-0.05, 0) is 25.2 Å². The minimum absolute atomic E-state index is 0.000370. The van der Waals surface area contributed by atoms with Crippen molar-refractivity contribution in [2.75, 3.05) is 0 Å². The Bertz CT molecular complexity index is 429. The Labute approximate surface area is 101 Å². The molecule has 3 aliphatic rings. The number of carbonyl (C=O) groups is 2. The van der Waals surface area contributed by atoms with Crippen LogP contribution in [0.2, 0.25) is 0 Å². The van der Waals surface area contributed by atoms with Crippen molar-refractivity contribution in [3.8, 4) is 12.3 Å². The van der Waals surface area contributed by atoms with E-state index in [2.05, 4.69) is 18.1 Å². The van der Waals surface area contributed by atoms with Gasteiger partial charge in [0.05, 0.1) is 11.8 Å². The van der Waals surface area contributed by atoms with Crippen LogP contribution in [0.4, 0.5) is 0 Å². The lowest BCUT2D eigenvalue weighted by molar-refractivity contribution is -0.142. The minimum atomic E-state index is -0.162. The quantitative estimate of drug-likeness (QED) is 0.405. The molecule has 17 heavy (non-hydrogen) atoms. The number of likely N-dealkylation sites (tertiary alicyclic amines) is 1. The number of hydrogen-bond donors (Lipinski definition) is 0. The molecule has 0 spiro atoms. The number of amides is 2. The highest BCUT2D eigenvalue weighted by Crippen LogP contribution is 2.52. The van der Waals surface area contributed by atoms with Crippen molar-refractivity contribution in [1.82, 2.24) is 4.90 Å². The fourth-order valence-corrected chi connectivity index (χ4v) is 3.62. The van der Waals surface area contributed by atoms with Crippen LogP contribution in [0.25, 0.3) is 0 Å². The first-order valence-electron chi connectivity index (χ1n) is 6.14. The van der Waals surface area contributed by atoms with E-state index in [4.69, 9.17) is 6.42 Å². The van der Waals surface area contributed by atoms with E-state index in [1.54, 1.807) is 0 Å². The van der Waals surface area contributed by atoms with Gasteiger partial charge in [0.15, 0.2) is 0 Å². The molecule has 0 aromatic rings. The van der Waals surface area contributed by atoms with Gasteiger partial charge < -0.3 is 0 Å². The molecule has 2 bridgehead atoms. The highest BCUT2D eigenvalue weighted by Gasteiger charge is 2.59. The second-order valence-electron chi connectivity index (χ2n) is 5.30. The van der Waals surface area contributed by atoms with Crippen molar-refractivity contribution >= 4 is 11.8 Å².